The maximum absolute atomic E-state index is 4.01. The first-order valence-electron chi connectivity index (χ1n) is 15.4. The molecule has 6 rings (SSSR count). The highest BCUT2D eigenvalue weighted by molar-refractivity contribution is 5.21. The van der Waals surface area contributed by atoms with Gasteiger partial charge in [-0.05, 0) is 124 Å². The third kappa shape index (κ3) is 7.36. The van der Waals surface area contributed by atoms with Gasteiger partial charge in [0.2, 0.25) is 0 Å². The van der Waals surface area contributed by atoms with Crippen LogP contribution in [0.5, 0.6) is 0 Å². The fourth-order valence-corrected chi connectivity index (χ4v) is 7.65. The Morgan fingerprint density at radius 3 is 2.06 bits per heavy atom. The van der Waals surface area contributed by atoms with E-state index in [2.05, 4.69) is 80.0 Å². The van der Waals surface area contributed by atoms with Gasteiger partial charge < -0.3 is 0 Å². The van der Waals surface area contributed by atoms with Crippen LogP contribution in [0.25, 0.3) is 0 Å². The quantitative estimate of drug-likeness (QED) is 0.249. The van der Waals surface area contributed by atoms with Crippen molar-refractivity contribution >= 4 is 0 Å². The molecule has 0 radical (unpaired) electrons. The van der Waals surface area contributed by atoms with E-state index < -0.39 is 0 Å². The minimum absolute atomic E-state index is 0.736. The van der Waals surface area contributed by atoms with Gasteiger partial charge in [0, 0.05) is 0 Å². The summed E-state index contributed by atoms with van der Waals surface area (Å²) < 4.78 is 0. The molecule has 0 aromatic heterocycles. The maximum Gasteiger partial charge on any atom is -0.0133 e. The molecule has 0 heterocycles. The lowest BCUT2D eigenvalue weighted by molar-refractivity contribution is 0.398. The maximum atomic E-state index is 4.01. The molecule has 0 N–H and O–H groups in total. The monoisotopic (exact) mass is 484 g/mol. The molecular weight excluding hydrogens is 432 g/mol. The van der Waals surface area contributed by atoms with Crippen LogP contribution in [0.4, 0.5) is 0 Å². The topological polar surface area (TPSA) is 0 Å². The van der Waals surface area contributed by atoms with Crippen molar-refractivity contribution in [3.63, 3.8) is 0 Å². The van der Waals surface area contributed by atoms with Crippen LogP contribution in [0.3, 0.4) is 0 Å². The van der Waals surface area contributed by atoms with Crippen LogP contribution < -0.4 is 0 Å². The average Bonchev–Trinajstić information content (AvgIpc) is 3.68. The van der Waals surface area contributed by atoms with Gasteiger partial charge >= 0.3 is 0 Å². The molecule has 0 aromatic carbocycles. The predicted molar refractivity (Wildman–Crippen MR) is 159 cm³/mol. The molecule has 6 aliphatic rings. The molecule has 0 heteroatoms. The Morgan fingerprint density at radius 2 is 1.33 bits per heavy atom. The summed E-state index contributed by atoms with van der Waals surface area (Å²) in [6.07, 6.45) is 46.9. The first-order valence-corrected chi connectivity index (χ1v) is 15.4. The minimum Gasteiger partial charge on any atom is -0.103 e. The molecule has 0 aliphatic heterocycles. The van der Waals surface area contributed by atoms with Gasteiger partial charge in [-0.25, -0.2) is 0 Å². The fourth-order valence-electron chi connectivity index (χ4n) is 7.65. The molecule has 2 fully saturated rings. The highest BCUT2D eigenvalue weighted by Gasteiger charge is 2.44. The van der Waals surface area contributed by atoms with Crippen molar-refractivity contribution in [1.82, 2.24) is 0 Å². The third-order valence-electron chi connectivity index (χ3n) is 9.68. The molecule has 0 spiro atoms. The second-order valence-electron chi connectivity index (χ2n) is 12.0. The summed E-state index contributed by atoms with van der Waals surface area (Å²) in [4.78, 5) is 0. The standard InChI is InChI=1S/C18H26.C10H12.C8H14/c1-3-5-6-7-8-9-11-16-14-15(4-2)17-12-10-13-18(16)17;1-2-9-7-4-5-8(6-7)10(9)3-1;1-2-4-6-8-7-5-3-1/h3-4,9-11,13,15-18H,1-2,5-8,12,14H2;1-2,4-5,7-10H,3,6H2;1-2H,3-8H2/b11-9+;;. The molecule has 36 heavy (non-hydrogen) atoms. The zero-order chi connectivity index (χ0) is 25.0. The SMILES string of the molecule is C1=CC2C3C=CC(C3)C2C1.C1=CCCCCCC1.C=CCCCC/C=C/C1CC(C=C)C2CC=CC12. The van der Waals surface area contributed by atoms with Gasteiger partial charge in [0.15, 0.2) is 0 Å². The first-order chi connectivity index (χ1) is 17.8. The van der Waals surface area contributed by atoms with Gasteiger partial charge in [0.05, 0.1) is 0 Å². The Morgan fingerprint density at radius 1 is 0.639 bits per heavy atom. The van der Waals surface area contributed by atoms with E-state index in [9.17, 15) is 0 Å². The van der Waals surface area contributed by atoms with Crippen molar-refractivity contribution in [2.45, 2.75) is 89.9 Å². The van der Waals surface area contributed by atoms with Crippen molar-refractivity contribution in [1.29, 1.82) is 0 Å². The number of hydrogen-bond donors (Lipinski definition) is 0. The Labute approximate surface area is 223 Å². The van der Waals surface area contributed by atoms with Crippen LogP contribution in [-0.4, -0.2) is 0 Å². The van der Waals surface area contributed by atoms with Crippen LogP contribution in [0.2, 0.25) is 0 Å². The van der Waals surface area contributed by atoms with Crippen LogP contribution >= 0.6 is 0 Å². The largest absolute Gasteiger partial charge is 0.103 e. The second-order valence-corrected chi connectivity index (χ2v) is 12.0. The molecule has 0 amide bonds. The van der Waals surface area contributed by atoms with Crippen LogP contribution in [0.15, 0.2) is 86.1 Å². The summed E-state index contributed by atoms with van der Waals surface area (Å²) in [5.41, 5.74) is 0. The lowest BCUT2D eigenvalue weighted by Gasteiger charge is -2.18. The van der Waals surface area contributed by atoms with Gasteiger partial charge in [0.25, 0.3) is 0 Å². The summed E-state index contributed by atoms with van der Waals surface area (Å²) in [5.74, 6) is 6.95. The number of fused-ring (bicyclic) bond motifs is 6. The molecule has 0 aromatic rings. The molecule has 6 aliphatic carbocycles. The van der Waals surface area contributed by atoms with E-state index in [1.165, 1.54) is 83.5 Å². The van der Waals surface area contributed by atoms with E-state index in [4.69, 9.17) is 0 Å². The summed E-state index contributed by atoms with van der Waals surface area (Å²) in [7, 11) is 0. The lowest BCUT2D eigenvalue weighted by Crippen LogP contribution is -2.12. The Balaban J connectivity index is 0.000000141. The van der Waals surface area contributed by atoms with Crippen LogP contribution in [-0.2, 0) is 0 Å². The summed E-state index contributed by atoms with van der Waals surface area (Å²) in [6, 6.07) is 0. The molecule has 0 saturated heterocycles. The van der Waals surface area contributed by atoms with Crippen molar-refractivity contribution in [3.05, 3.63) is 86.1 Å². The van der Waals surface area contributed by atoms with Crippen molar-refractivity contribution in [2.75, 3.05) is 0 Å². The molecule has 2 saturated carbocycles. The zero-order valence-corrected chi connectivity index (χ0v) is 22.9. The van der Waals surface area contributed by atoms with E-state index in [1.54, 1.807) is 0 Å². The molecule has 8 unspecified atom stereocenters. The van der Waals surface area contributed by atoms with Gasteiger partial charge in [-0.15, -0.1) is 13.2 Å². The predicted octanol–water partition coefficient (Wildman–Crippen LogP) is 10.6. The Bertz CT molecular complexity index is 809. The third-order valence-corrected chi connectivity index (χ3v) is 9.68. The van der Waals surface area contributed by atoms with Gasteiger partial charge in [-0.3, -0.25) is 0 Å². The van der Waals surface area contributed by atoms with Crippen LogP contribution in [0, 0.1) is 47.3 Å². The van der Waals surface area contributed by atoms with Crippen molar-refractivity contribution in [3.8, 4) is 0 Å². The molecule has 2 bridgehead atoms. The second kappa shape index (κ2) is 14.8. The molecule has 0 nitrogen and oxygen atoms in total. The van der Waals surface area contributed by atoms with Gasteiger partial charge in [-0.2, -0.15) is 0 Å². The van der Waals surface area contributed by atoms with E-state index in [0.29, 0.717) is 0 Å². The number of allylic oxidation sites excluding steroid dienone is 12. The van der Waals surface area contributed by atoms with Crippen molar-refractivity contribution < 1.29 is 0 Å². The normalized spacial score (nSPS) is 37.0. The highest BCUT2D eigenvalue weighted by Crippen LogP contribution is 2.52. The Hall–Kier alpha value is -1.82. The number of unbranched alkanes of at least 4 members (excludes halogenated alkanes) is 3. The lowest BCUT2D eigenvalue weighted by atomic mass is 9.86. The summed E-state index contributed by atoms with van der Waals surface area (Å²) in [6.45, 7) is 7.77. The average molecular weight is 485 g/mol. The zero-order valence-electron chi connectivity index (χ0n) is 22.9. The molecule has 196 valence electrons. The summed E-state index contributed by atoms with van der Waals surface area (Å²) >= 11 is 0. The van der Waals surface area contributed by atoms with Crippen LogP contribution in [0.1, 0.15) is 89.9 Å². The minimum atomic E-state index is 0.736. The van der Waals surface area contributed by atoms with E-state index >= 15 is 0 Å². The van der Waals surface area contributed by atoms with Gasteiger partial charge in [0.1, 0.15) is 0 Å². The number of rotatable bonds is 7. The summed E-state index contributed by atoms with van der Waals surface area (Å²) in [5, 5.41) is 0. The fraction of sp³-hybridized carbons (Fsp3) is 0.611. The highest BCUT2D eigenvalue weighted by atomic mass is 14.5. The smallest absolute Gasteiger partial charge is 0.0133 e. The Kier molecular flexibility index (Phi) is 11.2. The number of hydrogen-bond acceptors (Lipinski definition) is 0. The molecule has 8 atom stereocenters. The van der Waals surface area contributed by atoms with E-state index in [0.717, 1.165) is 53.8 Å². The molecular formula is C36H52. The van der Waals surface area contributed by atoms with Gasteiger partial charge in [-0.1, -0.05) is 85.8 Å². The van der Waals surface area contributed by atoms with E-state index in [-0.39, 0.29) is 0 Å². The van der Waals surface area contributed by atoms with E-state index in [1.807, 2.05) is 6.08 Å². The first kappa shape index (κ1) is 27.2. The van der Waals surface area contributed by atoms with Crippen molar-refractivity contribution in [2.24, 2.45) is 47.3 Å².